The second kappa shape index (κ2) is 7.93. The van der Waals surface area contributed by atoms with Gasteiger partial charge in [0.1, 0.15) is 6.54 Å². The van der Waals surface area contributed by atoms with Gasteiger partial charge >= 0.3 is 0 Å². The summed E-state index contributed by atoms with van der Waals surface area (Å²) in [7, 11) is 0. The first kappa shape index (κ1) is 17.2. The second-order valence-corrected chi connectivity index (χ2v) is 5.47. The van der Waals surface area contributed by atoms with E-state index in [9.17, 15) is 9.59 Å². The molecule has 0 aliphatic heterocycles. The van der Waals surface area contributed by atoms with Crippen molar-refractivity contribution in [3.8, 4) is 6.07 Å². The van der Waals surface area contributed by atoms with E-state index in [1.54, 1.807) is 24.3 Å². The zero-order valence-corrected chi connectivity index (χ0v) is 13.7. The Bertz CT molecular complexity index is 748. The molecule has 1 N–H and O–H groups in total. The van der Waals surface area contributed by atoms with Gasteiger partial charge in [0.2, 0.25) is 11.8 Å². The summed E-state index contributed by atoms with van der Waals surface area (Å²) < 4.78 is 0. The topological polar surface area (TPSA) is 73.2 Å². The highest BCUT2D eigenvalue weighted by Crippen LogP contribution is 2.20. The Morgan fingerprint density at radius 1 is 1.12 bits per heavy atom. The second-order valence-electron chi connectivity index (χ2n) is 5.47. The van der Waals surface area contributed by atoms with Crippen LogP contribution in [0.3, 0.4) is 0 Å². The first-order valence-corrected chi connectivity index (χ1v) is 7.63. The number of nitrogens with one attached hydrogen (secondary N) is 1. The van der Waals surface area contributed by atoms with E-state index in [0.717, 1.165) is 5.56 Å². The molecule has 0 saturated heterocycles. The van der Waals surface area contributed by atoms with Gasteiger partial charge in [0, 0.05) is 12.6 Å². The number of anilines is 1. The van der Waals surface area contributed by atoms with Crippen LogP contribution in [0.1, 0.15) is 31.0 Å². The molecule has 1 unspecified atom stereocenters. The van der Waals surface area contributed by atoms with Crippen molar-refractivity contribution < 1.29 is 9.59 Å². The van der Waals surface area contributed by atoms with Crippen LogP contribution in [-0.4, -0.2) is 23.3 Å². The number of rotatable bonds is 5. The van der Waals surface area contributed by atoms with Gasteiger partial charge in [0.15, 0.2) is 0 Å². The molecule has 0 aliphatic carbocycles. The molecule has 0 bridgehead atoms. The molecule has 24 heavy (non-hydrogen) atoms. The van der Waals surface area contributed by atoms with Crippen LogP contribution in [0.5, 0.6) is 0 Å². The summed E-state index contributed by atoms with van der Waals surface area (Å²) in [6.45, 7) is 3.31. The van der Waals surface area contributed by atoms with E-state index in [-0.39, 0.29) is 24.4 Å². The molecule has 0 aliphatic rings. The molecule has 2 aromatic rings. The maximum atomic E-state index is 12.2. The Labute approximate surface area is 141 Å². The molecule has 0 radical (unpaired) electrons. The van der Waals surface area contributed by atoms with Gasteiger partial charge in [-0.05, 0) is 36.8 Å². The highest BCUT2D eigenvalue weighted by Gasteiger charge is 2.21. The summed E-state index contributed by atoms with van der Waals surface area (Å²) in [5, 5.41) is 11.5. The minimum atomic E-state index is -0.280. The first-order chi connectivity index (χ1) is 11.5. The molecule has 0 aromatic heterocycles. The molecule has 0 fully saturated rings. The van der Waals surface area contributed by atoms with Crippen molar-refractivity contribution in [2.24, 2.45) is 0 Å². The highest BCUT2D eigenvalue weighted by atomic mass is 16.2. The van der Waals surface area contributed by atoms with Crippen LogP contribution >= 0.6 is 0 Å². The molecule has 122 valence electrons. The van der Waals surface area contributed by atoms with Crippen LogP contribution in [0, 0.1) is 11.3 Å². The van der Waals surface area contributed by atoms with Crippen molar-refractivity contribution in [3.63, 3.8) is 0 Å². The number of amides is 2. The zero-order chi connectivity index (χ0) is 17.5. The van der Waals surface area contributed by atoms with Crippen LogP contribution < -0.4 is 5.32 Å². The Morgan fingerprint density at radius 3 is 2.29 bits per heavy atom. The van der Waals surface area contributed by atoms with Crippen LogP contribution in [0.2, 0.25) is 0 Å². The van der Waals surface area contributed by atoms with E-state index < -0.39 is 0 Å². The maximum absolute atomic E-state index is 12.2. The molecule has 0 heterocycles. The van der Waals surface area contributed by atoms with Crippen LogP contribution in [0.25, 0.3) is 0 Å². The normalized spacial score (nSPS) is 11.2. The number of nitrogens with zero attached hydrogens (tertiary/aromatic N) is 2. The minimum Gasteiger partial charge on any atom is -0.327 e. The van der Waals surface area contributed by atoms with Crippen molar-refractivity contribution in [2.75, 3.05) is 11.9 Å². The van der Waals surface area contributed by atoms with E-state index in [2.05, 4.69) is 5.32 Å². The van der Waals surface area contributed by atoms with Gasteiger partial charge in [-0.1, -0.05) is 30.3 Å². The number of hydrogen-bond donors (Lipinski definition) is 1. The lowest BCUT2D eigenvalue weighted by Gasteiger charge is -2.28. The summed E-state index contributed by atoms with van der Waals surface area (Å²) in [6, 6.07) is 18.0. The molecule has 2 aromatic carbocycles. The van der Waals surface area contributed by atoms with Gasteiger partial charge in [-0.3, -0.25) is 9.59 Å². The van der Waals surface area contributed by atoms with Crippen LogP contribution in [-0.2, 0) is 9.59 Å². The van der Waals surface area contributed by atoms with Gasteiger partial charge in [0.25, 0.3) is 0 Å². The average Bonchev–Trinajstić information content (AvgIpc) is 2.60. The first-order valence-electron chi connectivity index (χ1n) is 7.63. The predicted molar refractivity (Wildman–Crippen MR) is 92.0 cm³/mol. The number of benzene rings is 2. The fourth-order valence-corrected chi connectivity index (χ4v) is 2.42. The molecule has 5 heteroatoms. The largest absolute Gasteiger partial charge is 0.327 e. The van der Waals surface area contributed by atoms with Crippen molar-refractivity contribution in [2.45, 2.75) is 19.9 Å². The predicted octanol–water partition coefficient (Wildman–Crippen LogP) is 3.11. The summed E-state index contributed by atoms with van der Waals surface area (Å²) in [5.74, 6) is -0.445. The van der Waals surface area contributed by atoms with E-state index in [1.165, 1.54) is 11.8 Å². The number of hydrogen-bond acceptors (Lipinski definition) is 3. The summed E-state index contributed by atoms with van der Waals surface area (Å²) in [4.78, 5) is 25.7. The number of nitriles is 1. The monoisotopic (exact) mass is 321 g/mol. The number of carbonyl (C=O) groups is 2. The van der Waals surface area contributed by atoms with E-state index in [4.69, 9.17) is 5.26 Å². The third-order valence-corrected chi connectivity index (χ3v) is 3.77. The van der Waals surface area contributed by atoms with Gasteiger partial charge in [-0.2, -0.15) is 5.26 Å². The third kappa shape index (κ3) is 4.43. The molecular weight excluding hydrogens is 302 g/mol. The van der Waals surface area contributed by atoms with E-state index in [0.29, 0.717) is 11.3 Å². The average molecular weight is 321 g/mol. The van der Waals surface area contributed by atoms with Crippen molar-refractivity contribution in [3.05, 3.63) is 65.7 Å². The molecule has 2 rings (SSSR count). The SMILES string of the molecule is CC(=O)N(CC(=O)Nc1ccc(C#N)cc1)C(C)c1ccccc1. The fourth-order valence-electron chi connectivity index (χ4n) is 2.42. The van der Waals surface area contributed by atoms with E-state index >= 15 is 0 Å². The van der Waals surface area contributed by atoms with E-state index in [1.807, 2.05) is 43.3 Å². The lowest BCUT2D eigenvalue weighted by Crippen LogP contribution is -2.38. The zero-order valence-electron chi connectivity index (χ0n) is 13.7. The summed E-state index contributed by atoms with van der Waals surface area (Å²) in [5.41, 5.74) is 2.09. The van der Waals surface area contributed by atoms with Crippen LogP contribution in [0.15, 0.2) is 54.6 Å². The number of carbonyl (C=O) groups excluding carboxylic acids is 2. The molecular formula is C19H19N3O2. The maximum Gasteiger partial charge on any atom is 0.244 e. The lowest BCUT2D eigenvalue weighted by molar-refractivity contribution is -0.134. The van der Waals surface area contributed by atoms with Crippen LogP contribution in [0.4, 0.5) is 5.69 Å². The fraction of sp³-hybridized carbons (Fsp3) is 0.211. The smallest absolute Gasteiger partial charge is 0.244 e. The Balaban J connectivity index is 2.05. The molecule has 0 saturated carbocycles. The molecule has 0 spiro atoms. The Morgan fingerprint density at radius 2 is 1.75 bits per heavy atom. The minimum absolute atomic E-state index is 0.0363. The van der Waals surface area contributed by atoms with Gasteiger partial charge in [-0.15, -0.1) is 0 Å². The van der Waals surface area contributed by atoms with Crippen molar-refractivity contribution in [1.82, 2.24) is 4.90 Å². The van der Waals surface area contributed by atoms with Gasteiger partial charge in [-0.25, -0.2) is 0 Å². The lowest BCUT2D eigenvalue weighted by atomic mass is 10.1. The Kier molecular flexibility index (Phi) is 5.69. The van der Waals surface area contributed by atoms with Gasteiger partial charge < -0.3 is 10.2 Å². The highest BCUT2D eigenvalue weighted by molar-refractivity contribution is 5.94. The van der Waals surface area contributed by atoms with Crippen molar-refractivity contribution >= 4 is 17.5 Å². The van der Waals surface area contributed by atoms with Gasteiger partial charge in [0.05, 0.1) is 17.7 Å². The quantitative estimate of drug-likeness (QED) is 0.919. The molecule has 1 atom stereocenters. The summed E-state index contributed by atoms with van der Waals surface area (Å²) >= 11 is 0. The Hall–Kier alpha value is -3.13. The summed E-state index contributed by atoms with van der Waals surface area (Å²) in [6.07, 6.45) is 0. The standard InChI is InChI=1S/C19H19N3O2/c1-14(17-6-4-3-5-7-17)22(15(2)23)13-19(24)21-18-10-8-16(12-20)9-11-18/h3-11,14H,13H2,1-2H3,(H,21,24). The molecule has 5 nitrogen and oxygen atoms in total. The third-order valence-electron chi connectivity index (χ3n) is 3.77. The molecule has 2 amide bonds. The van der Waals surface area contributed by atoms with Crippen molar-refractivity contribution in [1.29, 1.82) is 5.26 Å².